The highest BCUT2D eigenvalue weighted by atomic mass is 19.1. The van der Waals surface area contributed by atoms with Crippen LogP contribution in [-0.4, -0.2) is 16.1 Å². The zero-order chi connectivity index (χ0) is 12.4. The van der Waals surface area contributed by atoms with E-state index in [4.69, 9.17) is 0 Å². The third kappa shape index (κ3) is 2.23. The van der Waals surface area contributed by atoms with E-state index in [2.05, 4.69) is 14.9 Å². The summed E-state index contributed by atoms with van der Waals surface area (Å²) in [4.78, 5) is 4.44. The molecule has 1 aromatic heterocycles. The second kappa shape index (κ2) is 4.80. The fourth-order valence-electron chi connectivity index (χ4n) is 2.41. The Morgan fingerprint density at radius 3 is 3.17 bits per heavy atom. The highest BCUT2D eigenvalue weighted by molar-refractivity contribution is 5.36. The Balaban J connectivity index is 1.72. The summed E-state index contributed by atoms with van der Waals surface area (Å²) in [7, 11) is 0. The van der Waals surface area contributed by atoms with Gasteiger partial charge in [-0.05, 0) is 30.5 Å². The van der Waals surface area contributed by atoms with Crippen molar-refractivity contribution in [1.29, 1.82) is 0 Å². The fraction of sp³-hybridized carbons (Fsp3) is 0.357. The van der Waals surface area contributed by atoms with Crippen LogP contribution in [0.15, 0.2) is 30.5 Å². The van der Waals surface area contributed by atoms with Crippen LogP contribution in [0.25, 0.3) is 0 Å². The molecule has 0 fully saturated rings. The summed E-state index contributed by atoms with van der Waals surface area (Å²) in [6.45, 7) is 2.05. The van der Waals surface area contributed by atoms with Gasteiger partial charge in [0, 0.05) is 19.5 Å². The molecule has 2 heterocycles. The van der Waals surface area contributed by atoms with Crippen molar-refractivity contribution in [1.82, 2.24) is 9.55 Å². The van der Waals surface area contributed by atoms with Crippen molar-refractivity contribution in [2.24, 2.45) is 0 Å². The van der Waals surface area contributed by atoms with Crippen LogP contribution in [0.1, 0.15) is 17.8 Å². The van der Waals surface area contributed by atoms with E-state index in [0.717, 1.165) is 49.6 Å². The van der Waals surface area contributed by atoms with Crippen molar-refractivity contribution in [2.45, 2.75) is 25.8 Å². The van der Waals surface area contributed by atoms with Crippen LogP contribution in [-0.2, 0) is 19.4 Å². The number of nitrogens with one attached hydrogen (secondary N) is 1. The van der Waals surface area contributed by atoms with E-state index in [1.54, 1.807) is 12.1 Å². The number of fused-ring (bicyclic) bond motifs is 1. The number of aryl methyl sites for hydroxylation is 2. The largest absolute Gasteiger partial charge is 0.370 e. The van der Waals surface area contributed by atoms with Gasteiger partial charge in [0.05, 0.1) is 6.20 Å². The average molecular weight is 245 g/mol. The van der Waals surface area contributed by atoms with Gasteiger partial charge in [0.25, 0.3) is 0 Å². The number of nitrogens with zero attached hydrogens (tertiary/aromatic N) is 2. The first-order chi connectivity index (χ1) is 8.83. The maximum atomic E-state index is 13.1. The van der Waals surface area contributed by atoms with Crippen molar-refractivity contribution in [3.8, 4) is 0 Å². The predicted molar refractivity (Wildman–Crippen MR) is 69.1 cm³/mol. The van der Waals surface area contributed by atoms with Crippen molar-refractivity contribution >= 4 is 5.82 Å². The molecule has 0 radical (unpaired) electrons. The van der Waals surface area contributed by atoms with Crippen LogP contribution in [0.4, 0.5) is 10.2 Å². The van der Waals surface area contributed by atoms with Gasteiger partial charge in [-0.2, -0.15) is 0 Å². The van der Waals surface area contributed by atoms with Crippen LogP contribution < -0.4 is 5.32 Å². The molecular formula is C14H16FN3. The maximum absolute atomic E-state index is 13.1. The number of benzene rings is 1. The number of anilines is 1. The second-order valence-electron chi connectivity index (χ2n) is 4.62. The van der Waals surface area contributed by atoms with Gasteiger partial charge in [-0.25, -0.2) is 9.37 Å². The third-order valence-electron chi connectivity index (χ3n) is 3.33. The van der Waals surface area contributed by atoms with Crippen LogP contribution in [0.3, 0.4) is 0 Å². The molecule has 0 saturated heterocycles. The van der Waals surface area contributed by atoms with Gasteiger partial charge in [-0.3, -0.25) is 0 Å². The van der Waals surface area contributed by atoms with E-state index in [9.17, 15) is 4.39 Å². The molecule has 0 saturated carbocycles. The normalized spacial score (nSPS) is 14.1. The molecule has 0 amide bonds. The molecular weight excluding hydrogens is 229 g/mol. The Bertz CT molecular complexity index is 548. The lowest BCUT2D eigenvalue weighted by Gasteiger charge is -2.18. The van der Waals surface area contributed by atoms with Gasteiger partial charge < -0.3 is 9.88 Å². The quantitative estimate of drug-likeness (QED) is 0.900. The lowest BCUT2D eigenvalue weighted by molar-refractivity contribution is 0.596. The lowest BCUT2D eigenvalue weighted by atomic mass is 10.1. The Labute approximate surface area is 106 Å². The summed E-state index contributed by atoms with van der Waals surface area (Å²) >= 11 is 0. The fourth-order valence-corrected chi connectivity index (χ4v) is 2.41. The van der Waals surface area contributed by atoms with Crippen LogP contribution >= 0.6 is 0 Å². The summed E-state index contributed by atoms with van der Waals surface area (Å²) in [6, 6.07) is 6.79. The molecule has 2 aromatic rings. The van der Waals surface area contributed by atoms with Crippen LogP contribution in [0, 0.1) is 5.82 Å². The molecule has 0 bridgehead atoms. The molecule has 18 heavy (non-hydrogen) atoms. The number of aromatic nitrogens is 2. The zero-order valence-electron chi connectivity index (χ0n) is 10.2. The zero-order valence-corrected chi connectivity index (χ0v) is 10.2. The number of hydrogen-bond acceptors (Lipinski definition) is 2. The van der Waals surface area contributed by atoms with Crippen molar-refractivity contribution < 1.29 is 4.39 Å². The second-order valence-corrected chi connectivity index (χ2v) is 4.62. The summed E-state index contributed by atoms with van der Waals surface area (Å²) in [6.07, 6.45) is 4.70. The predicted octanol–water partition coefficient (Wildman–Crippen LogP) is 2.62. The van der Waals surface area contributed by atoms with Crippen LogP contribution in [0.2, 0.25) is 0 Å². The molecule has 0 aliphatic carbocycles. The Hall–Kier alpha value is -1.84. The van der Waals surface area contributed by atoms with Gasteiger partial charge in [0.1, 0.15) is 17.5 Å². The minimum Gasteiger partial charge on any atom is -0.370 e. The molecule has 1 N–H and O–H groups in total. The molecule has 1 aliphatic heterocycles. The first kappa shape index (κ1) is 11.3. The van der Waals surface area contributed by atoms with Gasteiger partial charge in [-0.1, -0.05) is 12.1 Å². The Kier molecular flexibility index (Phi) is 3.00. The molecule has 3 rings (SSSR count). The van der Waals surface area contributed by atoms with E-state index < -0.39 is 0 Å². The molecule has 1 aliphatic rings. The number of hydrogen-bond donors (Lipinski definition) is 1. The maximum Gasteiger partial charge on any atom is 0.126 e. The summed E-state index contributed by atoms with van der Waals surface area (Å²) < 4.78 is 15.3. The topological polar surface area (TPSA) is 29.9 Å². The van der Waals surface area contributed by atoms with Gasteiger partial charge in [-0.15, -0.1) is 0 Å². The first-order valence-electron chi connectivity index (χ1n) is 6.35. The number of rotatable bonds is 3. The van der Waals surface area contributed by atoms with E-state index in [1.165, 1.54) is 6.07 Å². The SMILES string of the molecule is Fc1cccc(CCc2ncc3n2CCCN3)c1. The molecule has 1 aromatic carbocycles. The minimum atomic E-state index is -0.167. The molecule has 4 heteroatoms. The van der Waals surface area contributed by atoms with E-state index in [1.807, 2.05) is 12.3 Å². The highest BCUT2D eigenvalue weighted by Gasteiger charge is 2.12. The summed E-state index contributed by atoms with van der Waals surface area (Å²) in [5.41, 5.74) is 1.02. The van der Waals surface area contributed by atoms with Gasteiger partial charge in [0.15, 0.2) is 0 Å². The highest BCUT2D eigenvalue weighted by Crippen LogP contribution is 2.18. The lowest BCUT2D eigenvalue weighted by Crippen LogP contribution is -2.18. The summed E-state index contributed by atoms with van der Waals surface area (Å²) in [5, 5.41) is 3.33. The molecule has 0 spiro atoms. The first-order valence-corrected chi connectivity index (χ1v) is 6.35. The molecule has 0 unspecified atom stereocenters. The Morgan fingerprint density at radius 1 is 1.33 bits per heavy atom. The van der Waals surface area contributed by atoms with Crippen molar-refractivity contribution in [2.75, 3.05) is 11.9 Å². The van der Waals surface area contributed by atoms with E-state index >= 15 is 0 Å². The average Bonchev–Trinajstić information content (AvgIpc) is 2.80. The van der Waals surface area contributed by atoms with Gasteiger partial charge >= 0.3 is 0 Å². The van der Waals surface area contributed by atoms with Crippen molar-refractivity contribution in [3.05, 3.63) is 47.7 Å². The molecule has 3 nitrogen and oxygen atoms in total. The van der Waals surface area contributed by atoms with Crippen molar-refractivity contribution in [3.63, 3.8) is 0 Å². The number of imidazole rings is 1. The smallest absolute Gasteiger partial charge is 0.126 e. The monoisotopic (exact) mass is 245 g/mol. The summed E-state index contributed by atoms with van der Waals surface area (Å²) in [5.74, 6) is 2.02. The van der Waals surface area contributed by atoms with Gasteiger partial charge in [0.2, 0.25) is 0 Å². The third-order valence-corrected chi connectivity index (χ3v) is 3.33. The van der Waals surface area contributed by atoms with Crippen LogP contribution in [0.5, 0.6) is 0 Å². The van der Waals surface area contributed by atoms with E-state index in [-0.39, 0.29) is 5.82 Å². The van der Waals surface area contributed by atoms with E-state index in [0.29, 0.717) is 0 Å². The molecule has 94 valence electrons. The number of halogens is 1. The molecule has 0 atom stereocenters. The minimum absolute atomic E-state index is 0.167. The standard InChI is InChI=1S/C14H16FN3/c15-12-4-1-3-11(9-12)5-6-13-17-10-14-16-7-2-8-18(13)14/h1,3-4,9-10,16H,2,5-8H2. The Morgan fingerprint density at radius 2 is 2.28 bits per heavy atom.